The maximum absolute atomic E-state index is 13.7. The fraction of sp³-hybridized carbons (Fsp3) is 0.806. The zero-order valence-electron chi connectivity index (χ0n) is 24.0. The van der Waals surface area contributed by atoms with Crippen LogP contribution in [0.15, 0.2) is 23.3 Å². The van der Waals surface area contributed by atoms with Gasteiger partial charge in [0.1, 0.15) is 30.0 Å². The summed E-state index contributed by atoms with van der Waals surface area (Å²) in [5.74, 6) is -2.17. The summed E-state index contributed by atoms with van der Waals surface area (Å²) in [6.07, 6.45) is 4.38. The number of carbonyl (C=O) groups is 2. The molecule has 4 heterocycles. The topological polar surface area (TPSA) is 121 Å². The van der Waals surface area contributed by atoms with Crippen molar-refractivity contribution in [3.05, 3.63) is 23.3 Å². The smallest absolute Gasteiger partial charge is 0.316 e. The number of rotatable bonds is 9. The average Bonchev–Trinajstić information content (AvgIpc) is 3.63. The Labute approximate surface area is 235 Å². The molecule has 0 spiro atoms. The number of carboxylic acid groups (broad SMARTS) is 1. The highest BCUT2D eigenvalue weighted by atomic mass is 17.0. The number of hydrogen-bond donors (Lipinski definition) is 2. The molecular formula is C31H42O9. The molecular weight excluding hydrogens is 516 g/mol. The third-order valence-electron chi connectivity index (χ3n) is 11.9. The first kappa shape index (κ1) is 27.2. The lowest BCUT2D eigenvalue weighted by molar-refractivity contribution is -0.448. The zero-order chi connectivity index (χ0) is 28.4. The summed E-state index contributed by atoms with van der Waals surface area (Å²) in [5, 5.41) is 22.6. The van der Waals surface area contributed by atoms with Gasteiger partial charge in [0.25, 0.3) is 0 Å². The van der Waals surface area contributed by atoms with Crippen molar-refractivity contribution in [3.8, 4) is 0 Å². The van der Waals surface area contributed by atoms with Crippen LogP contribution in [0.2, 0.25) is 0 Å². The molecule has 40 heavy (non-hydrogen) atoms. The first-order valence-corrected chi connectivity index (χ1v) is 15.0. The van der Waals surface area contributed by atoms with Crippen LogP contribution in [-0.2, 0) is 33.3 Å². The van der Waals surface area contributed by atoms with Gasteiger partial charge in [-0.1, -0.05) is 50.5 Å². The molecule has 7 fully saturated rings. The number of hydrogen-bond acceptors (Lipinski definition) is 8. The lowest BCUT2D eigenvalue weighted by Crippen LogP contribution is -2.66. The number of aliphatic carboxylic acids is 1. The van der Waals surface area contributed by atoms with E-state index in [4.69, 9.17) is 23.7 Å². The zero-order valence-corrected chi connectivity index (χ0v) is 24.0. The van der Waals surface area contributed by atoms with Crippen molar-refractivity contribution in [1.29, 1.82) is 0 Å². The van der Waals surface area contributed by atoms with E-state index in [9.17, 15) is 19.8 Å². The summed E-state index contributed by atoms with van der Waals surface area (Å²) in [5.41, 5.74) is -1.23. The van der Waals surface area contributed by atoms with Crippen LogP contribution in [0, 0.1) is 45.8 Å². The molecule has 220 valence electrons. The highest BCUT2D eigenvalue weighted by molar-refractivity contribution is 5.90. The normalized spacial score (nSPS) is 52.8. The van der Waals surface area contributed by atoms with Crippen molar-refractivity contribution in [3.63, 3.8) is 0 Å². The van der Waals surface area contributed by atoms with Gasteiger partial charge in [-0.3, -0.25) is 9.53 Å². The molecule has 3 saturated carbocycles. The number of aliphatic hydroxyl groups excluding tert-OH is 1. The molecule has 4 aliphatic carbocycles. The molecule has 13 unspecified atom stereocenters. The van der Waals surface area contributed by atoms with Gasteiger partial charge in [-0.15, -0.1) is 0 Å². The molecule has 13 atom stereocenters. The minimum atomic E-state index is -1.76. The van der Waals surface area contributed by atoms with Crippen molar-refractivity contribution in [2.45, 2.75) is 97.0 Å². The summed E-state index contributed by atoms with van der Waals surface area (Å²) in [4.78, 5) is 26.9. The van der Waals surface area contributed by atoms with Crippen molar-refractivity contribution in [2.24, 2.45) is 45.8 Å². The van der Waals surface area contributed by atoms with Gasteiger partial charge in [0, 0.05) is 5.41 Å². The molecule has 0 radical (unpaired) electrons. The largest absolute Gasteiger partial charge is 0.481 e. The van der Waals surface area contributed by atoms with Gasteiger partial charge in [0.2, 0.25) is 0 Å². The van der Waals surface area contributed by atoms with Crippen LogP contribution in [0.1, 0.15) is 60.3 Å². The number of allylic oxidation sites excluding steroid dienone is 2. The van der Waals surface area contributed by atoms with Crippen molar-refractivity contribution in [2.75, 3.05) is 13.2 Å². The molecule has 0 aromatic heterocycles. The molecule has 8 bridgehead atoms. The molecule has 0 amide bonds. The number of carboxylic acids is 1. The second-order valence-electron chi connectivity index (χ2n) is 14.1. The Morgan fingerprint density at radius 1 is 1.20 bits per heavy atom. The Morgan fingerprint density at radius 2 is 1.98 bits per heavy atom. The monoisotopic (exact) mass is 558 g/mol. The molecule has 4 saturated heterocycles. The van der Waals surface area contributed by atoms with E-state index in [0.717, 1.165) is 30.3 Å². The van der Waals surface area contributed by atoms with Crippen LogP contribution in [0.4, 0.5) is 0 Å². The number of aliphatic hydroxyl groups is 1. The Balaban J connectivity index is 1.24. The Bertz CT molecular complexity index is 1180. The quantitative estimate of drug-likeness (QED) is 0.324. The van der Waals surface area contributed by atoms with Gasteiger partial charge in [-0.2, -0.15) is 0 Å². The van der Waals surface area contributed by atoms with Crippen LogP contribution in [0.25, 0.3) is 0 Å². The second-order valence-corrected chi connectivity index (χ2v) is 14.1. The number of fused-ring (bicyclic) bond motifs is 2. The predicted octanol–water partition coefficient (Wildman–Crippen LogP) is 3.45. The molecule has 0 aromatic rings. The summed E-state index contributed by atoms with van der Waals surface area (Å²) < 4.78 is 30.7. The first-order valence-electron chi connectivity index (χ1n) is 15.0. The Hall–Kier alpha value is -1.62. The van der Waals surface area contributed by atoms with Crippen molar-refractivity contribution < 1.29 is 43.5 Å². The lowest BCUT2D eigenvalue weighted by atomic mass is 9.43. The van der Waals surface area contributed by atoms with E-state index in [-0.39, 0.29) is 30.3 Å². The maximum atomic E-state index is 13.7. The fourth-order valence-electron chi connectivity index (χ4n) is 10.4. The second kappa shape index (κ2) is 8.71. The van der Waals surface area contributed by atoms with Gasteiger partial charge >= 0.3 is 11.9 Å². The van der Waals surface area contributed by atoms with Gasteiger partial charge in [0.05, 0.1) is 18.6 Å². The van der Waals surface area contributed by atoms with Crippen LogP contribution in [0.3, 0.4) is 0 Å². The van der Waals surface area contributed by atoms with E-state index in [1.165, 1.54) is 0 Å². The minimum absolute atomic E-state index is 0.00866. The highest BCUT2D eigenvalue weighted by Crippen LogP contribution is 2.82. The Kier molecular flexibility index (Phi) is 5.93. The van der Waals surface area contributed by atoms with E-state index in [0.29, 0.717) is 25.4 Å². The molecule has 9 heteroatoms. The molecule has 0 aromatic carbocycles. The lowest BCUT2D eigenvalue weighted by Gasteiger charge is -2.58. The number of ether oxygens (including phenoxy) is 5. The third kappa shape index (κ3) is 2.99. The minimum Gasteiger partial charge on any atom is -0.481 e. The summed E-state index contributed by atoms with van der Waals surface area (Å²) in [7, 11) is 0. The molecule has 9 nitrogen and oxygen atoms in total. The first-order chi connectivity index (χ1) is 19.0. The summed E-state index contributed by atoms with van der Waals surface area (Å²) in [6.45, 7) is 10.6. The van der Waals surface area contributed by atoms with Crippen LogP contribution in [0.5, 0.6) is 0 Å². The van der Waals surface area contributed by atoms with E-state index >= 15 is 0 Å². The molecule has 8 aliphatic rings. The van der Waals surface area contributed by atoms with Crippen LogP contribution in [-0.4, -0.2) is 72.4 Å². The van der Waals surface area contributed by atoms with E-state index < -0.39 is 58.9 Å². The summed E-state index contributed by atoms with van der Waals surface area (Å²) in [6, 6.07) is 0. The summed E-state index contributed by atoms with van der Waals surface area (Å²) >= 11 is 0. The van der Waals surface area contributed by atoms with Gasteiger partial charge < -0.3 is 34.0 Å². The van der Waals surface area contributed by atoms with Crippen molar-refractivity contribution in [1.82, 2.24) is 0 Å². The number of carbonyl (C=O) groups excluding carboxylic acids is 1. The van der Waals surface area contributed by atoms with E-state index in [2.05, 4.69) is 13.0 Å². The SMILES string of the molecule is CC(C)=CCOC1C2OC3(OCC45CC6C(C)CCC6C6(C=O)CC4C=C(C(C)C)C65C(=O)O)OC2OC1C3O. The van der Waals surface area contributed by atoms with E-state index in [1.807, 2.05) is 33.8 Å². The highest BCUT2D eigenvalue weighted by Gasteiger charge is 2.85. The maximum Gasteiger partial charge on any atom is 0.316 e. The number of aldehydes is 1. The van der Waals surface area contributed by atoms with Crippen molar-refractivity contribution >= 4 is 12.3 Å². The molecule has 8 rings (SSSR count). The standard InChI is InChI=1S/C31H42O9/c1-15(2)8-9-36-22-23-25(33)31(39-24(22)26(38-23)40-31)37-14-29-12-19-17(5)6-7-20(19)28(13-32)11-18(29)10-21(16(3)4)30(28,29)27(34)35/h8,10,13,16-20,22-26,33H,6-7,9,11-12,14H2,1-5H3,(H,34,35). The molecule has 4 aliphatic heterocycles. The van der Waals surface area contributed by atoms with Crippen LogP contribution < -0.4 is 0 Å². The average molecular weight is 559 g/mol. The Morgan fingerprint density at radius 3 is 2.65 bits per heavy atom. The molecule has 2 N–H and O–H groups in total. The third-order valence-corrected chi connectivity index (χ3v) is 11.9. The van der Waals surface area contributed by atoms with Crippen LogP contribution >= 0.6 is 0 Å². The van der Waals surface area contributed by atoms with Gasteiger partial charge in [-0.05, 0) is 62.7 Å². The fourth-order valence-corrected chi connectivity index (χ4v) is 10.4. The van der Waals surface area contributed by atoms with Gasteiger partial charge in [0.15, 0.2) is 12.4 Å². The predicted molar refractivity (Wildman–Crippen MR) is 141 cm³/mol. The van der Waals surface area contributed by atoms with E-state index in [1.54, 1.807) is 0 Å². The van der Waals surface area contributed by atoms with Gasteiger partial charge in [-0.25, -0.2) is 0 Å².